The molecule has 0 atom stereocenters. The first-order valence-electron chi connectivity index (χ1n) is 9.92. The van der Waals surface area contributed by atoms with Crippen molar-refractivity contribution in [3.8, 4) is 0 Å². The Morgan fingerprint density at radius 3 is 2.45 bits per heavy atom. The van der Waals surface area contributed by atoms with E-state index in [4.69, 9.17) is 11.6 Å². The summed E-state index contributed by atoms with van der Waals surface area (Å²) < 4.78 is 29.1. The molecule has 0 unspecified atom stereocenters. The summed E-state index contributed by atoms with van der Waals surface area (Å²) in [5.74, 6) is -0.821. The molecule has 1 N–H and O–H groups in total. The van der Waals surface area contributed by atoms with E-state index < -0.39 is 15.9 Å². The maximum Gasteiger partial charge on any atom is 0.277 e. The molecule has 174 valence electrons. The molecule has 1 aromatic heterocycles. The Bertz CT molecular complexity index is 1260. The van der Waals surface area contributed by atoms with Crippen molar-refractivity contribution in [3.63, 3.8) is 0 Å². The largest absolute Gasteiger partial charge is 0.347 e. The molecular formula is C21H23ClN6O4S. The Hall–Kier alpha value is -3.44. The van der Waals surface area contributed by atoms with E-state index in [1.807, 2.05) is 0 Å². The van der Waals surface area contributed by atoms with Crippen LogP contribution < -0.4 is 9.62 Å². The van der Waals surface area contributed by atoms with Gasteiger partial charge in [-0.05, 0) is 37.3 Å². The summed E-state index contributed by atoms with van der Waals surface area (Å²) in [6, 6.07) is 12.8. The van der Waals surface area contributed by atoms with Crippen LogP contribution in [0.2, 0.25) is 5.02 Å². The van der Waals surface area contributed by atoms with Crippen LogP contribution in [0, 0.1) is 0 Å². The molecule has 0 saturated carbocycles. The average molecular weight is 491 g/mol. The molecule has 0 aliphatic rings. The van der Waals surface area contributed by atoms with Gasteiger partial charge in [-0.15, -0.1) is 5.10 Å². The Labute approximate surface area is 196 Å². The number of nitrogens with one attached hydrogen (secondary N) is 1. The second-order valence-electron chi connectivity index (χ2n) is 7.19. The fourth-order valence-electron chi connectivity index (χ4n) is 2.94. The first-order chi connectivity index (χ1) is 15.6. The predicted molar refractivity (Wildman–Crippen MR) is 125 cm³/mol. The summed E-state index contributed by atoms with van der Waals surface area (Å²) in [5.41, 5.74) is 0.681. The Morgan fingerprint density at radius 2 is 1.82 bits per heavy atom. The Morgan fingerprint density at radius 1 is 1.12 bits per heavy atom. The molecule has 1 heterocycles. The van der Waals surface area contributed by atoms with E-state index in [9.17, 15) is 18.0 Å². The number of amides is 2. The molecule has 0 aliphatic heterocycles. The van der Waals surface area contributed by atoms with Gasteiger partial charge in [-0.25, -0.2) is 13.1 Å². The number of rotatable bonds is 8. The van der Waals surface area contributed by atoms with Crippen LogP contribution in [0.15, 0.2) is 59.6 Å². The fraction of sp³-hybridized carbons (Fsp3) is 0.238. The van der Waals surface area contributed by atoms with Gasteiger partial charge in [0.1, 0.15) is 11.4 Å². The molecule has 33 heavy (non-hydrogen) atoms. The van der Waals surface area contributed by atoms with Crippen molar-refractivity contribution in [2.24, 2.45) is 0 Å². The minimum atomic E-state index is -4.00. The number of aromatic nitrogens is 3. The van der Waals surface area contributed by atoms with Crippen LogP contribution in [0.5, 0.6) is 0 Å². The van der Waals surface area contributed by atoms with Gasteiger partial charge in [0, 0.05) is 26.3 Å². The lowest BCUT2D eigenvalue weighted by Gasteiger charge is -2.23. The lowest BCUT2D eigenvalue weighted by Crippen LogP contribution is -2.31. The second-order valence-corrected chi connectivity index (χ2v) is 9.43. The summed E-state index contributed by atoms with van der Waals surface area (Å²) >= 11 is 6.22. The Kier molecular flexibility index (Phi) is 7.34. The minimum Gasteiger partial charge on any atom is -0.347 e. The van der Waals surface area contributed by atoms with Crippen LogP contribution in [0.25, 0.3) is 0 Å². The lowest BCUT2D eigenvalue weighted by atomic mass is 10.3. The lowest BCUT2D eigenvalue weighted by molar-refractivity contribution is -0.129. The van der Waals surface area contributed by atoms with Crippen LogP contribution in [-0.2, 0) is 21.4 Å². The van der Waals surface area contributed by atoms with Gasteiger partial charge >= 0.3 is 0 Å². The summed E-state index contributed by atoms with van der Waals surface area (Å²) in [6.45, 7) is 1.84. The maximum atomic E-state index is 13.3. The van der Waals surface area contributed by atoms with Crippen molar-refractivity contribution in [2.75, 3.05) is 30.3 Å². The highest BCUT2D eigenvalue weighted by Gasteiger charge is 2.27. The average Bonchev–Trinajstić information content (AvgIpc) is 3.24. The van der Waals surface area contributed by atoms with Crippen molar-refractivity contribution < 1.29 is 18.0 Å². The van der Waals surface area contributed by atoms with E-state index in [-0.39, 0.29) is 40.3 Å². The van der Waals surface area contributed by atoms with E-state index in [1.165, 1.54) is 38.3 Å². The number of nitrogens with zero attached hydrogens (tertiary/aromatic N) is 5. The van der Waals surface area contributed by atoms with Gasteiger partial charge in [-0.2, -0.15) is 0 Å². The third-order valence-electron chi connectivity index (χ3n) is 4.66. The number of hydrogen-bond acceptors (Lipinski definition) is 6. The second kappa shape index (κ2) is 10.0. The molecule has 12 heteroatoms. The van der Waals surface area contributed by atoms with Gasteiger partial charge in [0.05, 0.1) is 16.9 Å². The number of para-hydroxylation sites is 1. The zero-order chi connectivity index (χ0) is 24.2. The number of sulfonamides is 1. The van der Waals surface area contributed by atoms with Crippen molar-refractivity contribution in [1.82, 2.24) is 19.9 Å². The molecule has 0 saturated heterocycles. The summed E-state index contributed by atoms with van der Waals surface area (Å²) in [5, 5.41) is 10.2. The number of carbonyl (C=O) groups is 2. The predicted octanol–water partition coefficient (Wildman–Crippen LogP) is 2.49. The van der Waals surface area contributed by atoms with Crippen molar-refractivity contribution in [1.29, 1.82) is 0 Å². The monoisotopic (exact) mass is 490 g/mol. The molecule has 3 aromatic rings. The van der Waals surface area contributed by atoms with Crippen LogP contribution in [-0.4, -0.2) is 60.8 Å². The van der Waals surface area contributed by atoms with E-state index in [0.29, 0.717) is 5.69 Å². The summed E-state index contributed by atoms with van der Waals surface area (Å²) in [6.07, 6.45) is 1.33. The minimum absolute atomic E-state index is 0.0236. The van der Waals surface area contributed by atoms with E-state index in [0.717, 1.165) is 0 Å². The van der Waals surface area contributed by atoms with Crippen LogP contribution in [0.4, 0.5) is 11.4 Å². The molecular weight excluding hydrogens is 468 g/mol. The highest BCUT2D eigenvalue weighted by Crippen LogP contribution is 2.30. The molecule has 3 rings (SSSR count). The highest BCUT2D eigenvalue weighted by atomic mass is 35.5. The van der Waals surface area contributed by atoms with E-state index >= 15 is 0 Å². The normalized spacial score (nSPS) is 11.2. The van der Waals surface area contributed by atoms with Gasteiger partial charge in [-0.3, -0.25) is 13.9 Å². The third kappa shape index (κ3) is 5.49. The van der Waals surface area contributed by atoms with Crippen LogP contribution in [0.1, 0.15) is 17.4 Å². The molecule has 0 fully saturated rings. The molecule has 2 aromatic carbocycles. The number of carbonyl (C=O) groups excluding carboxylic acids is 2. The number of hydrogen-bond donors (Lipinski definition) is 1. The zero-order valence-corrected chi connectivity index (χ0v) is 19.8. The maximum absolute atomic E-state index is 13.3. The zero-order valence-electron chi connectivity index (χ0n) is 18.3. The number of anilines is 2. The van der Waals surface area contributed by atoms with Gasteiger partial charge in [-0.1, -0.05) is 35.0 Å². The topological polar surface area (TPSA) is 117 Å². The molecule has 0 bridgehead atoms. The molecule has 0 radical (unpaired) electrons. The number of benzene rings is 2. The van der Waals surface area contributed by atoms with Crippen LogP contribution in [0.3, 0.4) is 0 Å². The van der Waals surface area contributed by atoms with Gasteiger partial charge in [0.15, 0.2) is 5.69 Å². The standard InChI is InChI=1S/C21H23ClN6O4S/c1-4-28(16-8-6-5-7-9-16)33(31,32)19-12-15(10-11-17(19)22)23-21(30)18-13-27(25-24-18)14-20(29)26(2)3/h5-13H,4,14H2,1-3H3,(H,23,30). The number of halogens is 1. The van der Waals surface area contributed by atoms with Gasteiger partial charge in [0.2, 0.25) is 5.91 Å². The van der Waals surface area contributed by atoms with Gasteiger partial charge in [0.25, 0.3) is 15.9 Å². The first kappa shape index (κ1) is 24.2. The summed E-state index contributed by atoms with van der Waals surface area (Å²) in [4.78, 5) is 25.6. The van der Waals surface area contributed by atoms with Crippen LogP contribution >= 0.6 is 11.6 Å². The molecule has 2 amide bonds. The molecule has 0 aliphatic carbocycles. The smallest absolute Gasteiger partial charge is 0.277 e. The first-order valence-corrected chi connectivity index (χ1v) is 11.7. The summed E-state index contributed by atoms with van der Waals surface area (Å²) in [7, 11) is -0.784. The molecule has 10 nitrogen and oxygen atoms in total. The molecule has 0 spiro atoms. The Balaban J connectivity index is 1.84. The highest BCUT2D eigenvalue weighted by molar-refractivity contribution is 7.93. The van der Waals surface area contributed by atoms with Crippen molar-refractivity contribution in [2.45, 2.75) is 18.4 Å². The fourth-order valence-corrected chi connectivity index (χ4v) is 4.91. The number of likely N-dealkylation sites (N-methyl/N-ethyl adjacent to an activating group) is 1. The van der Waals surface area contributed by atoms with E-state index in [1.54, 1.807) is 51.4 Å². The third-order valence-corrected chi connectivity index (χ3v) is 7.04. The SMILES string of the molecule is CCN(c1ccccc1)S(=O)(=O)c1cc(NC(=O)c2cn(CC(=O)N(C)C)nn2)ccc1Cl. The van der Waals surface area contributed by atoms with Crippen molar-refractivity contribution in [3.05, 3.63) is 65.4 Å². The van der Waals surface area contributed by atoms with Crippen molar-refractivity contribution >= 4 is 44.8 Å². The quantitative estimate of drug-likeness (QED) is 0.518. The van der Waals surface area contributed by atoms with E-state index in [2.05, 4.69) is 15.6 Å². The van der Waals surface area contributed by atoms with Gasteiger partial charge < -0.3 is 10.2 Å².